The van der Waals surface area contributed by atoms with Crippen molar-refractivity contribution in [3.63, 3.8) is 0 Å². The summed E-state index contributed by atoms with van der Waals surface area (Å²) in [4.78, 5) is -0.454. The van der Waals surface area contributed by atoms with Gasteiger partial charge in [0.05, 0.1) is 56.0 Å². The van der Waals surface area contributed by atoms with Crippen molar-refractivity contribution in [2.24, 2.45) is 0 Å². The maximum atomic E-state index is 14.7. The molecule has 0 amide bonds. The first-order chi connectivity index (χ1) is 55.6. The number of fused-ring (bicyclic) bond motifs is 2. The third-order valence-corrected chi connectivity index (χ3v) is 24.8. The zero-order valence-electron chi connectivity index (χ0n) is 68.2. The first-order valence-electron chi connectivity index (χ1n) is 37.6. The van der Waals surface area contributed by atoms with Gasteiger partial charge in [-0.15, -0.1) is 0 Å². The molecule has 23 aliphatic heterocycles. The molecule has 23 aliphatic rings. The van der Waals surface area contributed by atoms with Crippen molar-refractivity contribution in [1.82, 2.24) is 0 Å². The molecule has 18 fully saturated rings. The summed E-state index contributed by atoms with van der Waals surface area (Å²) in [6, 6.07) is 11.9. The minimum atomic E-state index is -4.66. The second kappa shape index (κ2) is 42.8. The van der Waals surface area contributed by atoms with Gasteiger partial charge in [-0.2, -0.15) is 16.8 Å². The third-order valence-electron chi connectivity index (χ3n) is 22.2. The van der Waals surface area contributed by atoms with Crippen molar-refractivity contribution in [2.45, 2.75) is 231 Å². The molecule has 23 heterocycles. The minimum Gasteiger partial charge on any atom is -0.382 e. The Morgan fingerprint density at radius 2 is 0.426 bits per heavy atom. The van der Waals surface area contributed by atoms with Crippen LogP contribution in [0.5, 0.6) is 0 Å². The van der Waals surface area contributed by atoms with Crippen molar-refractivity contribution in [1.29, 1.82) is 0 Å². The van der Waals surface area contributed by atoms with Crippen LogP contribution in [0.15, 0.2) is 58.3 Å². The Bertz CT molecular complexity index is 3440. The van der Waals surface area contributed by atoms with E-state index in [2.05, 4.69) is 0 Å². The van der Waals surface area contributed by atoms with Crippen LogP contribution >= 0.6 is 0 Å². The summed E-state index contributed by atoms with van der Waals surface area (Å²) < 4.78 is 287. The van der Waals surface area contributed by atoms with Crippen LogP contribution in [0.1, 0.15) is 11.1 Å². The molecule has 2 aromatic rings. The smallest absolute Gasteiger partial charge is 0.297 e. The molecular weight excluding hydrogens is 1580 g/mol. The van der Waals surface area contributed by atoms with Gasteiger partial charge in [0.1, 0.15) is 171 Å². The quantitative estimate of drug-likeness (QED) is 0.124. The third kappa shape index (κ3) is 20.1. The van der Waals surface area contributed by atoms with Crippen LogP contribution in [-0.4, -0.2) is 413 Å². The van der Waals surface area contributed by atoms with Crippen molar-refractivity contribution in [2.75, 3.05) is 181 Å². The Kier molecular flexibility index (Phi) is 34.5. The fraction of sp³-hybridized carbons (Fsp3) is 0.838. The molecule has 658 valence electrons. The van der Waals surface area contributed by atoms with E-state index in [0.717, 1.165) is 0 Å². The zero-order chi connectivity index (χ0) is 82.6. The monoisotopic (exact) mass is 1690 g/mol. The van der Waals surface area contributed by atoms with Gasteiger partial charge in [0.25, 0.3) is 20.2 Å². The zero-order valence-corrected chi connectivity index (χ0v) is 69.9. The molecule has 20 bridgehead atoms. The molecule has 41 heteroatoms. The number of benzene rings is 2. The van der Waals surface area contributed by atoms with Crippen molar-refractivity contribution in [3.8, 4) is 0 Å². The molecule has 35 atom stereocenters. The van der Waals surface area contributed by atoms with E-state index in [9.17, 15) is 16.8 Å². The summed E-state index contributed by atoms with van der Waals surface area (Å²) in [7, 11) is 17.9. The van der Waals surface area contributed by atoms with Gasteiger partial charge >= 0.3 is 0 Å². The average molecular weight is 1690 g/mol. The van der Waals surface area contributed by atoms with E-state index >= 15 is 0 Å². The fourth-order valence-electron chi connectivity index (χ4n) is 16.8. The lowest BCUT2D eigenvalue weighted by molar-refractivity contribution is -0.402. The van der Waals surface area contributed by atoms with E-state index in [1.54, 1.807) is 24.3 Å². The SMILES string of the molecule is COC[C@H]1O[C@@H]2O[C@H]3[C@H](OC)[C@@H](OC)[C@@H](O[C@H]4[C@H](OC)[C@@H](OC)[C@H]5O[C@H]6[C@H](OC)[C@@H](OC)[C@@H](O[C@H]7[C@H](OC)[C@@H](OC)[C@@H](O[C@H]8[C@H](OC)[C@@H](OC)[C@@H](O[C@H]9[C@H](OC)[C@@H](OC)[C@@H](O[C@H]1[C@H](OC)[C@H]2OC)O[C@@H]9COC)O[C@@H]8COC)O[C@@H]7COS(=O)(=O)c1ccc(cc1)Cc1ccc(cc1)S(=O)(=O)OC[C@H]4O5)O[C@@H]6COC)O[C@@H]3COC. The summed E-state index contributed by atoms with van der Waals surface area (Å²) in [6.45, 7) is -2.29. The molecule has 0 aliphatic carbocycles. The number of ether oxygens (including phenoxy) is 33. The lowest BCUT2D eigenvalue weighted by Gasteiger charge is -2.52. The lowest BCUT2D eigenvalue weighted by atomic mass is 9.94. The summed E-state index contributed by atoms with van der Waals surface area (Å²) in [6.07, 6.45) is -43.3. The van der Waals surface area contributed by atoms with Crippen molar-refractivity contribution < 1.29 is 182 Å². The van der Waals surface area contributed by atoms with Crippen LogP contribution < -0.4 is 0 Å². The predicted octanol–water partition coefficient (Wildman–Crippen LogP) is -0.0721. The molecule has 0 spiro atoms. The maximum Gasteiger partial charge on any atom is 0.297 e. The van der Waals surface area contributed by atoms with Crippen molar-refractivity contribution in [3.05, 3.63) is 59.7 Å². The highest BCUT2D eigenvalue weighted by Crippen LogP contribution is 2.44. The Balaban J connectivity index is 1.07. The molecule has 0 radical (unpaired) electrons. The van der Waals surface area contributed by atoms with Gasteiger partial charge in [-0.25, -0.2) is 0 Å². The van der Waals surface area contributed by atoms with Gasteiger partial charge in [0.2, 0.25) is 0 Å². The fourth-order valence-corrected chi connectivity index (χ4v) is 18.6. The van der Waals surface area contributed by atoms with E-state index in [-0.39, 0.29) is 49.2 Å². The Labute approximate surface area is 671 Å². The lowest BCUT2D eigenvalue weighted by Crippen LogP contribution is -2.69. The number of hydrogen-bond acceptors (Lipinski definition) is 39. The molecule has 39 nitrogen and oxygen atoms in total. The largest absolute Gasteiger partial charge is 0.382 e. The molecule has 115 heavy (non-hydrogen) atoms. The van der Waals surface area contributed by atoms with E-state index in [1.807, 2.05) is 0 Å². The maximum absolute atomic E-state index is 14.7. The van der Waals surface area contributed by atoms with Gasteiger partial charge in [-0.3, -0.25) is 8.37 Å². The Hall–Kier alpha value is -3.06. The first kappa shape index (κ1) is 92.7. The molecule has 0 N–H and O–H groups in total. The van der Waals surface area contributed by atoms with Gasteiger partial charge in [-0.05, 0) is 41.8 Å². The molecule has 0 unspecified atom stereocenters. The average Bonchev–Trinajstić information content (AvgIpc) is 0.794. The normalized spacial score (nSPS) is 42.8. The van der Waals surface area contributed by atoms with Crippen LogP contribution in [0.2, 0.25) is 0 Å². The predicted molar refractivity (Wildman–Crippen MR) is 387 cm³/mol. The minimum absolute atomic E-state index is 0.111. The second-order valence-corrected chi connectivity index (χ2v) is 31.8. The highest BCUT2D eigenvalue weighted by Gasteiger charge is 2.63. The number of hydrogen-bond donors (Lipinski definition) is 0. The molecule has 0 aromatic heterocycles. The van der Waals surface area contributed by atoms with Gasteiger partial charge in [-0.1, -0.05) is 24.3 Å². The molecule has 25 rings (SSSR count). The topological polar surface area (TPSA) is 391 Å². The van der Waals surface area contributed by atoms with E-state index in [4.69, 9.17) is 165 Å². The summed E-state index contributed by atoms with van der Waals surface area (Å²) in [5, 5.41) is 0. The summed E-state index contributed by atoms with van der Waals surface area (Å²) >= 11 is 0. The molecule has 0 saturated carbocycles. The van der Waals surface area contributed by atoms with Crippen LogP contribution in [-0.2, 0) is 191 Å². The van der Waals surface area contributed by atoms with Gasteiger partial charge < -0.3 is 156 Å². The van der Waals surface area contributed by atoms with Gasteiger partial charge in [0, 0.05) is 135 Å². The van der Waals surface area contributed by atoms with Gasteiger partial charge in [0.15, 0.2) is 44.0 Å². The van der Waals surface area contributed by atoms with Crippen LogP contribution in [0.4, 0.5) is 0 Å². The standard InChI is InChI=1S/C74H116O39S2/c1-79-29-40-47-54(84-6)62(92-14)69(101-40)109-49-42(31-81-3)103-71(64(94-16)56(49)86-8)112-52-45-34-98-114(75,76)38-24-20-36(21-25-38)28-37-22-26-39(27-23-37)115(77,78)99-35-46-53(113-72-65(95-17)58(88-10)51(44(104-72)33-83-5)111-74(106-45)67(97-19)59(52)89-11)60(90-12)66(96-18)73(105-46)110-50-43(32-82-4)102-70(63(93-15)57(50)87-9)108-48-41(30-80-2)100-68(107-47)61(91-13)55(48)85-7/h20-27,40-74H,28-35H2,1-19H3/t40-,41-,42-,43-,44-,45-,46-,47-,48-,49-,50-,51-,52-,53-,54+,55+,56+,57+,58+,59+,60+,61-,62-,63-,64-,65-,66-,67-,68-,69-,70-,71-,72-,73-,74-/m1/s1. The second-order valence-electron chi connectivity index (χ2n) is 28.5. The molecular formula is C74H116O39S2. The molecule has 18 saturated heterocycles. The van der Waals surface area contributed by atoms with Crippen LogP contribution in [0.3, 0.4) is 0 Å². The summed E-state index contributed by atoms with van der Waals surface area (Å²) in [5.74, 6) is 0. The Morgan fingerprint density at radius 3 is 0.617 bits per heavy atom. The molecule has 2 aromatic carbocycles. The number of rotatable bonds is 24. The van der Waals surface area contributed by atoms with Crippen LogP contribution in [0.25, 0.3) is 0 Å². The first-order valence-corrected chi connectivity index (χ1v) is 40.4. The van der Waals surface area contributed by atoms with E-state index in [1.165, 1.54) is 159 Å². The van der Waals surface area contributed by atoms with Crippen molar-refractivity contribution >= 4 is 20.2 Å². The highest BCUT2D eigenvalue weighted by atomic mass is 32.2. The highest BCUT2D eigenvalue weighted by molar-refractivity contribution is 7.87. The summed E-state index contributed by atoms with van der Waals surface area (Å²) in [5.41, 5.74) is 1.30. The Morgan fingerprint density at radius 1 is 0.243 bits per heavy atom. The van der Waals surface area contributed by atoms with E-state index < -0.39 is 248 Å². The van der Waals surface area contributed by atoms with Crippen LogP contribution in [0, 0.1) is 0 Å². The van der Waals surface area contributed by atoms with E-state index in [0.29, 0.717) is 11.1 Å². The number of methoxy groups -OCH3 is 19.